The van der Waals surface area contributed by atoms with Crippen LogP contribution in [0.2, 0.25) is 0 Å². The lowest BCUT2D eigenvalue weighted by Crippen LogP contribution is -2.42. The predicted octanol–water partition coefficient (Wildman–Crippen LogP) is 3.40. The maximum absolute atomic E-state index is 12.5. The van der Waals surface area contributed by atoms with Crippen LogP contribution in [0.25, 0.3) is 0 Å². The van der Waals surface area contributed by atoms with Crippen LogP contribution in [0.1, 0.15) is 36.2 Å². The highest BCUT2D eigenvalue weighted by Crippen LogP contribution is 2.25. The Balaban J connectivity index is 2.19. The van der Waals surface area contributed by atoms with E-state index in [0.717, 1.165) is 35.5 Å². The summed E-state index contributed by atoms with van der Waals surface area (Å²) in [6.45, 7) is 8.23. The van der Waals surface area contributed by atoms with Crippen LogP contribution in [0.15, 0.2) is 23.1 Å². The Kier molecular flexibility index (Phi) is 4.00. The highest BCUT2D eigenvalue weighted by Gasteiger charge is 2.27. The van der Waals surface area contributed by atoms with E-state index >= 15 is 0 Å². The molecule has 3 heteroatoms. The summed E-state index contributed by atoms with van der Waals surface area (Å²) in [5, 5.41) is 0. The SMILES string of the molecule is Cc1ccc(S)cc1C(=O)N1CCC(C)C(C)C1. The van der Waals surface area contributed by atoms with Crippen molar-refractivity contribution in [3.8, 4) is 0 Å². The van der Waals surface area contributed by atoms with Gasteiger partial charge in [-0.25, -0.2) is 0 Å². The fraction of sp³-hybridized carbons (Fsp3) is 0.533. The number of rotatable bonds is 1. The number of piperidine rings is 1. The van der Waals surface area contributed by atoms with Gasteiger partial charge in [0.25, 0.3) is 5.91 Å². The fourth-order valence-corrected chi connectivity index (χ4v) is 2.66. The molecule has 1 aromatic rings. The van der Waals surface area contributed by atoms with E-state index < -0.39 is 0 Å². The van der Waals surface area contributed by atoms with Crippen molar-refractivity contribution in [2.24, 2.45) is 11.8 Å². The first kappa shape index (κ1) is 13.5. The molecule has 0 radical (unpaired) electrons. The molecule has 2 rings (SSSR count). The third-order valence-electron chi connectivity index (χ3n) is 4.07. The molecule has 98 valence electrons. The highest BCUT2D eigenvalue weighted by atomic mass is 32.1. The van der Waals surface area contributed by atoms with E-state index in [1.807, 2.05) is 30.0 Å². The van der Waals surface area contributed by atoms with E-state index in [1.165, 1.54) is 0 Å². The summed E-state index contributed by atoms with van der Waals surface area (Å²) in [5.41, 5.74) is 1.83. The first-order valence-corrected chi connectivity index (χ1v) is 7.02. The van der Waals surface area contributed by atoms with E-state index in [2.05, 4.69) is 26.5 Å². The van der Waals surface area contributed by atoms with Crippen LogP contribution in [0.4, 0.5) is 0 Å². The molecule has 1 amide bonds. The van der Waals surface area contributed by atoms with E-state index in [9.17, 15) is 4.79 Å². The standard InChI is InChI=1S/C15H21NOS/c1-10-6-7-16(9-12(10)3)15(17)14-8-13(18)5-4-11(14)2/h4-5,8,10,12,18H,6-7,9H2,1-3H3. The van der Waals surface area contributed by atoms with Crippen LogP contribution in [0, 0.1) is 18.8 Å². The van der Waals surface area contributed by atoms with E-state index in [0.29, 0.717) is 11.8 Å². The van der Waals surface area contributed by atoms with Crippen molar-refractivity contribution in [2.75, 3.05) is 13.1 Å². The van der Waals surface area contributed by atoms with Crippen molar-refractivity contribution < 1.29 is 4.79 Å². The first-order chi connectivity index (χ1) is 8.49. The Morgan fingerprint density at radius 2 is 2.06 bits per heavy atom. The zero-order valence-corrected chi connectivity index (χ0v) is 12.2. The largest absolute Gasteiger partial charge is 0.338 e. The molecule has 2 nitrogen and oxygen atoms in total. The van der Waals surface area contributed by atoms with Crippen molar-refractivity contribution >= 4 is 18.5 Å². The van der Waals surface area contributed by atoms with Crippen LogP contribution in [-0.2, 0) is 0 Å². The van der Waals surface area contributed by atoms with Crippen molar-refractivity contribution in [3.63, 3.8) is 0 Å². The second kappa shape index (κ2) is 5.35. The lowest BCUT2D eigenvalue weighted by atomic mass is 9.88. The number of aryl methyl sites for hydroxylation is 1. The summed E-state index contributed by atoms with van der Waals surface area (Å²) in [4.78, 5) is 15.4. The number of thiol groups is 1. The van der Waals surface area contributed by atoms with Crippen LogP contribution in [0.3, 0.4) is 0 Å². The number of hydrogen-bond acceptors (Lipinski definition) is 2. The molecule has 0 N–H and O–H groups in total. The molecular weight excluding hydrogens is 242 g/mol. The normalized spacial score (nSPS) is 24.1. The third kappa shape index (κ3) is 2.72. The average molecular weight is 263 g/mol. The van der Waals surface area contributed by atoms with Gasteiger partial charge in [0.1, 0.15) is 0 Å². The van der Waals surface area contributed by atoms with Crippen molar-refractivity contribution in [2.45, 2.75) is 32.1 Å². The Labute approximate surface area is 115 Å². The second-order valence-electron chi connectivity index (χ2n) is 5.49. The van der Waals surface area contributed by atoms with Gasteiger partial charge in [-0.3, -0.25) is 4.79 Å². The number of amides is 1. The summed E-state index contributed by atoms with van der Waals surface area (Å²) in [6.07, 6.45) is 1.10. The van der Waals surface area contributed by atoms with E-state index in [-0.39, 0.29) is 5.91 Å². The lowest BCUT2D eigenvalue weighted by Gasteiger charge is -2.35. The van der Waals surface area contributed by atoms with Gasteiger partial charge < -0.3 is 4.90 Å². The summed E-state index contributed by atoms with van der Waals surface area (Å²) in [5.74, 6) is 1.45. The topological polar surface area (TPSA) is 20.3 Å². The van der Waals surface area contributed by atoms with Crippen LogP contribution < -0.4 is 0 Å². The molecule has 0 spiro atoms. The van der Waals surface area contributed by atoms with Crippen molar-refractivity contribution in [1.82, 2.24) is 4.90 Å². The molecule has 2 atom stereocenters. The van der Waals surface area contributed by atoms with Crippen molar-refractivity contribution in [3.05, 3.63) is 29.3 Å². The molecule has 1 aliphatic heterocycles. The molecule has 1 saturated heterocycles. The molecule has 1 aromatic carbocycles. The molecular formula is C15H21NOS. The third-order valence-corrected chi connectivity index (χ3v) is 4.35. The van der Waals surface area contributed by atoms with Gasteiger partial charge in [0.05, 0.1) is 0 Å². The first-order valence-electron chi connectivity index (χ1n) is 6.58. The van der Waals surface area contributed by atoms with Crippen LogP contribution >= 0.6 is 12.6 Å². The molecule has 2 unspecified atom stereocenters. The van der Waals surface area contributed by atoms with Gasteiger partial charge in [-0.1, -0.05) is 19.9 Å². The van der Waals surface area contributed by atoms with Gasteiger partial charge in [0, 0.05) is 23.5 Å². The van der Waals surface area contributed by atoms with Gasteiger partial charge in [-0.05, 0) is 42.9 Å². The monoisotopic (exact) mass is 263 g/mol. The van der Waals surface area contributed by atoms with Gasteiger partial charge in [-0.15, -0.1) is 12.6 Å². The second-order valence-corrected chi connectivity index (χ2v) is 6.01. The smallest absolute Gasteiger partial charge is 0.254 e. The Bertz CT molecular complexity index is 458. The number of nitrogens with zero attached hydrogens (tertiary/aromatic N) is 1. The number of likely N-dealkylation sites (tertiary alicyclic amines) is 1. The van der Waals surface area contributed by atoms with Crippen molar-refractivity contribution in [1.29, 1.82) is 0 Å². The predicted molar refractivity (Wildman–Crippen MR) is 77.3 cm³/mol. The Morgan fingerprint density at radius 1 is 1.33 bits per heavy atom. The molecule has 18 heavy (non-hydrogen) atoms. The zero-order valence-electron chi connectivity index (χ0n) is 11.3. The number of benzene rings is 1. The Hall–Kier alpha value is -0.960. The maximum Gasteiger partial charge on any atom is 0.254 e. The van der Waals surface area contributed by atoms with Gasteiger partial charge in [0.2, 0.25) is 0 Å². The zero-order chi connectivity index (χ0) is 13.3. The minimum absolute atomic E-state index is 0.155. The van der Waals surface area contributed by atoms with Gasteiger partial charge in [0.15, 0.2) is 0 Å². The number of hydrogen-bond donors (Lipinski definition) is 1. The van der Waals surface area contributed by atoms with Crippen LogP contribution in [-0.4, -0.2) is 23.9 Å². The van der Waals surface area contributed by atoms with E-state index in [4.69, 9.17) is 0 Å². The quantitative estimate of drug-likeness (QED) is 0.770. The molecule has 0 aliphatic carbocycles. The summed E-state index contributed by atoms with van der Waals surface area (Å²) < 4.78 is 0. The Morgan fingerprint density at radius 3 is 2.72 bits per heavy atom. The van der Waals surface area contributed by atoms with Crippen LogP contribution in [0.5, 0.6) is 0 Å². The summed E-state index contributed by atoms with van der Waals surface area (Å²) >= 11 is 4.32. The average Bonchev–Trinajstić information content (AvgIpc) is 2.35. The molecule has 1 heterocycles. The maximum atomic E-state index is 12.5. The van der Waals surface area contributed by atoms with Gasteiger partial charge in [-0.2, -0.15) is 0 Å². The minimum atomic E-state index is 0.155. The molecule has 1 fully saturated rings. The molecule has 0 saturated carbocycles. The molecule has 0 bridgehead atoms. The number of carbonyl (C=O) groups excluding carboxylic acids is 1. The molecule has 1 aliphatic rings. The fourth-order valence-electron chi connectivity index (χ4n) is 2.46. The van der Waals surface area contributed by atoms with Gasteiger partial charge >= 0.3 is 0 Å². The minimum Gasteiger partial charge on any atom is -0.338 e. The lowest BCUT2D eigenvalue weighted by molar-refractivity contribution is 0.0626. The summed E-state index contributed by atoms with van der Waals surface area (Å²) in [7, 11) is 0. The summed E-state index contributed by atoms with van der Waals surface area (Å²) in [6, 6.07) is 5.77. The van der Waals surface area contributed by atoms with E-state index in [1.54, 1.807) is 0 Å². The highest BCUT2D eigenvalue weighted by molar-refractivity contribution is 7.80. The molecule has 0 aromatic heterocycles. The number of carbonyl (C=O) groups is 1.